The van der Waals surface area contributed by atoms with E-state index >= 15 is 0 Å². The summed E-state index contributed by atoms with van der Waals surface area (Å²) in [5.41, 5.74) is 5.34. The van der Waals surface area contributed by atoms with E-state index in [0.717, 1.165) is 32.2 Å². The average Bonchev–Trinajstić information content (AvgIpc) is 2.32. The number of amides is 1. The fourth-order valence-electron chi connectivity index (χ4n) is 2.40. The molecule has 4 heteroatoms. The lowest BCUT2D eigenvalue weighted by atomic mass is 9.80. The van der Waals surface area contributed by atoms with Gasteiger partial charge >= 0.3 is 0 Å². The molecule has 0 saturated carbocycles. The molecule has 1 atom stereocenters. The molecule has 16 heavy (non-hydrogen) atoms. The van der Waals surface area contributed by atoms with Crippen LogP contribution in [0.25, 0.3) is 0 Å². The van der Waals surface area contributed by atoms with Gasteiger partial charge in [-0.3, -0.25) is 4.79 Å². The number of carbonyl (C=O) groups excluding carboxylic acids is 1. The fourth-order valence-corrected chi connectivity index (χ4v) is 2.40. The Kier molecular flexibility index (Phi) is 4.74. The van der Waals surface area contributed by atoms with Gasteiger partial charge in [-0.25, -0.2) is 0 Å². The van der Waals surface area contributed by atoms with Gasteiger partial charge < -0.3 is 15.7 Å². The molecule has 0 aromatic carbocycles. The van der Waals surface area contributed by atoms with Crippen LogP contribution in [0.2, 0.25) is 0 Å². The second-order valence-electron chi connectivity index (χ2n) is 4.74. The zero-order chi connectivity index (χ0) is 12.2. The number of likely N-dealkylation sites (tertiary alicyclic amines) is 1. The maximum atomic E-state index is 12.4. The number of nitrogens with two attached hydrogens (primary N) is 1. The predicted molar refractivity (Wildman–Crippen MR) is 63.9 cm³/mol. The summed E-state index contributed by atoms with van der Waals surface area (Å²) in [5.74, 6) is 0.124. The highest BCUT2D eigenvalue weighted by Crippen LogP contribution is 2.29. The number of aliphatic hydroxyl groups excluding tert-OH is 1. The van der Waals surface area contributed by atoms with Crippen LogP contribution in [0, 0.1) is 5.41 Å². The van der Waals surface area contributed by atoms with Crippen LogP contribution in [-0.4, -0.2) is 41.7 Å². The van der Waals surface area contributed by atoms with Gasteiger partial charge in [0.25, 0.3) is 0 Å². The molecule has 1 rings (SSSR count). The Labute approximate surface area is 97.8 Å². The highest BCUT2D eigenvalue weighted by Gasteiger charge is 2.38. The first-order valence-corrected chi connectivity index (χ1v) is 6.27. The van der Waals surface area contributed by atoms with Crippen molar-refractivity contribution in [1.29, 1.82) is 0 Å². The Morgan fingerprint density at radius 2 is 2.12 bits per heavy atom. The minimum absolute atomic E-state index is 0.124. The number of rotatable bonds is 4. The molecule has 3 N–H and O–H groups in total. The molecule has 1 heterocycles. The second-order valence-corrected chi connectivity index (χ2v) is 4.74. The molecule has 1 unspecified atom stereocenters. The topological polar surface area (TPSA) is 66.6 Å². The van der Waals surface area contributed by atoms with Crippen LogP contribution in [-0.2, 0) is 4.79 Å². The van der Waals surface area contributed by atoms with E-state index in [1.165, 1.54) is 0 Å². The molecule has 0 bridgehead atoms. The van der Waals surface area contributed by atoms with Crippen LogP contribution in [0.15, 0.2) is 0 Å². The van der Waals surface area contributed by atoms with Crippen molar-refractivity contribution in [2.75, 3.05) is 19.6 Å². The third-order valence-electron chi connectivity index (χ3n) is 3.88. The summed E-state index contributed by atoms with van der Waals surface area (Å²) in [6.07, 6.45) is 2.87. The summed E-state index contributed by atoms with van der Waals surface area (Å²) in [5, 5.41) is 9.59. The molecule has 0 aromatic rings. The maximum Gasteiger partial charge on any atom is 0.230 e. The van der Waals surface area contributed by atoms with Gasteiger partial charge in [0, 0.05) is 19.6 Å². The van der Waals surface area contributed by atoms with Crippen LogP contribution in [0.3, 0.4) is 0 Å². The van der Waals surface area contributed by atoms with Gasteiger partial charge in [0.05, 0.1) is 11.5 Å². The molecule has 1 aliphatic heterocycles. The third-order valence-corrected chi connectivity index (χ3v) is 3.88. The SMILES string of the molecule is CCC(CC)(CN)C(=O)N1CCCC(O)C1. The van der Waals surface area contributed by atoms with Crippen molar-refractivity contribution >= 4 is 5.91 Å². The molecule has 0 spiro atoms. The first kappa shape index (κ1) is 13.5. The Hall–Kier alpha value is -0.610. The van der Waals surface area contributed by atoms with Crippen molar-refractivity contribution in [1.82, 2.24) is 4.90 Å². The van der Waals surface area contributed by atoms with Crippen molar-refractivity contribution in [3.05, 3.63) is 0 Å². The Bertz CT molecular complexity index is 231. The molecule has 94 valence electrons. The van der Waals surface area contributed by atoms with E-state index in [-0.39, 0.29) is 12.0 Å². The first-order chi connectivity index (χ1) is 7.59. The molecular formula is C12H24N2O2. The largest absolute Gasteiger partial charge is 0.391 e. The third kappa shape index (κ3) is 2.55. The van der Waals surface area contributed by atoms with Crippen LogP contribution in [0.1, 0.15) is 39.5 Å². The average molecular weight is 228 g/mol. The predicted octanol–water partition coefficient (Wildman–Crippen LogP) is 0.735. The van der Waals surface area contributed by atoms with Crippen LogP contribution < -0.4 is 5.73 Å². The van der Waals surface area contributed by atoms with E-state index in [1.54, 1.807) is 4.90 Å². The van der Waals surface area contributed by atoms with Crippen LogP contribution in [0.5, 0.6) is 0 Å². The van der Waals surface area contributed by atoms with Gasteiger partial charge in [-0.1, -0.05) is 13.8 Å². The summed E-state index contributed by atoms with van der Waals surface area (Å²) in [6.45, 7) is 5.65. The maximum absolute atomic E-state index is 12.4. The molecular weight excluding hydrogens is 204 g/mol. The number of hydrogen-bond acceptors (Lipinski definition) is 3. The number of carbonyl (C=O) groups is 1. The van der Waals surface area contributed by atoms with Crippen molar-refractivity contribution in [2.45, 2.75) is 45.6 Å². The molecule has 0 radical (unpaired) electrons. The minimum Gasteiger partial charge on any atom is -0.391 e. The highest BCUT2D eigenvalue weighted by molar-refractivity contribution is 5.83. The van der Waals surface area contributed by atoms with Gasteiger partial charge in [-0.15, -0.1) is 0 Å². The van der Waals surface area contributed by atoms with Gasteiger partial charge in [-0.05, 0) is 25.7 Å². The summed E-state index contributed by atoms with van der Waals surface area (Å²) >= 11 is 0. The van der Waals surface area contributed by atoms with Gasteiger partial charge in [0.2, 0.25) is 5.91 Å². The van der Waals surface area contributed by atoms with Crippen LogP contribution in [0.4, 0.5) is 0 Å². The first-order valence-electron chi connectivity index (χ1n) is 6.27. The van der Waals surface area contributed by atoms with E-state index in [9.17, 15) is 9.90 Å². The Morgan fingerprint density at radius 3 is 2.56 bits per heavy atom. The smallest absolute Gasteiger partial charge is 0.230 e. The lowest BCUT2D eigenvalue weighted by Crippen LogP contribution is -2.51. The Morgan fingerprint density at radius 1 is 1.50 bits per heavy atom. The lowest BCUT2D eigenvalue weighted by molar-refractivity contribution is -0.145. The van der Waals surface area contributed by atoms with E-state index in [0.29, 0.717) is 13.1 Å². The number of hydrogen-bond donors (Lipinski definition) is 2. The van der Waals surface area contributed by atoms with Gasteiger partial charge in [0.15, 0.2) is 0 Å². The highest BCUT2D eigenvalue weighted by atomic mass is 16.3. The number of β-amino-alcohol motifs (C(OH)–C–C–N with tert-alkyl or cyclic N) is 1. The summed E-state index contributed by atoms with van der Waals surface area (Å²) < 4.78 is 0. The fraction of sp³-hybridized carbons (Fsp3) is 0.917. The molecule has 0 aromatic heterocycles. The molecule has 1 aliphatic rings. The zero-order valence-electron chi connectivity index (χ0n) is 10.4. The summed E-state index contributed by atoms with van der Waals surface area (Å²) in [4.78, 5) is 14.2. The number of nitrogens with zero attached hydrogens (tertiary/aromatic N) is 1. The van der Waals surface area contributed by atoms with Crippen molar-refractivity contribution in [2.24, 2.45) is 11.1 Å². The van der Waals surface area contributed by atoms with E-state index in [4.69, 9.17) is 5.73 Å². The molecule has 4 nitrogen and oxygen atoms in total. The zero-order valence-corrected chi connectivity index (χ0v) is 10.4. The van der Waals surface area contributed by atoms with Crippen molar-refractivity contribution < 1.29 is 9.90 Å². The number of piperidine rings is 1. The van der Waals surface area contributed by atoms with E-state index in [1.807, 2.05) is 13.8 Å². The van der Waals surface area contributed by atoms with Crippen molar-refractivity contribution in [3.63, 3.8) is 0 Å². The van der Waals surface area contributed by atoms with E-state index in [2.05, 4.69) is 0 Å². The summed E-state index contributed by atoms with van der Waals surface area (Å²) in [7, 11) is 0. The van der Waals surface area contributed by atoms with E-state index < -0.39 is 5.41 Å². The Balaban J connectivity index is 2.74. The summed E-state index contributed by atoms with van der Waals surface area (Å²) in [6, 6.07) is 0. The lowest BCUT2D eigenvalue weighted by Gasteiger charge is -2.38. The molecule has 1 saturated heterocycles. The van der Waals surface area contributed by atoms with Crippen LogP contribution >= 0.6 is 0 Å². The molecule has 1 amide bonds. The number of aliphatic hydroxyl groups is 1. The van der Waals surface area contributed by atoms with Gasteiger partial charge in [0.1, 0.15) is 0 Å². The second kappa shape index (κ2) is 5.64. The molecule has 1 fully saturated rings. The monoisotopic (exact) mass is 228 g/mol. The van der Waals surface area contributed by atoms with Gasteiger partial charge in [-0.2, -0.15) is 0 Å². The standard InChI is InChI=1S/C12H24N2O2/c1-3-12(4-2,9-13)11(16)14-7-5-6-10(15)8-14/h10,15H,3-9,13H2,1-2H3. The normalized spacial score (nSPS) is 22.2. The minimum atomic E-state index is -0.420. The molecule has 0 aliphatic carbocycles. The quantitative estimate of drug-likeness (QED) is 0.745. The van der Waals surface area contributed by atoms with Crippen molar-refractivity contribution in [3.8, 4) is 0 Å².